The molecule has 0 unspecified atom stereocenters. The van der Waals surface area contributed by atoms with Crippen molar-refractivity contribution in [2.45, 2.75) is 26.4 Å². The van der Waals surface area contributed by atoms with Gasteiger partial charge in [0, 0.05) is 6.54 Å². The van der Waals surface area contributed by atoms with Crippen LogP contribution in [-0.4, -0.2) is 22.1 Å². The topological polar surface area (TPSA) is 79.9 Å². The molecule has 3 aromatic rings. The van der Waals surface area contributed by atoms with E-state index in [2.05, 4.69) is 14.9 Å². The van der Waals surface area contributed by atoms with Gasteiger partial charge in [-0.3, -0.25) is 4.79 Å². The molecule has 2 aromatic carbocycles. The average Bonchev–Trinajstić information content (AvgIpc) is 3.05. The van der Waals surface area contributed by atoms with Gasteiger partial charge < -0.3 is 14.6 Å². The van der Waals surface area contributed by atoms with E-state index in [1.54, 1.807) is 24.3 Å². The first-order valence-corrected chi connectivity index (χ1v) is 8.50. The van der Waals surface area contributed by atoms with Crippen molar-refractivity contribution in [1.29, 1.82) is 5.26 Å². The minimum absolute atomic E-state index is 0.157. The smallest absolute Gasteiger partial charge is 0.258 e. The number of hydrogen-bond donors (Lipinski definition) is 1. The predicted octanol–water partition coefficient (Wildman–Crippen LogP) is 3.18. The highest BCUT2D eigenvalue weighted by atomic mass is 16.5. The second-order valence-electron chi connectivity index (χ2n) is 5.89. The first-order valence-electron chi connectivity index (χ1n) is 8.50. The van der Waals surface area contributed by atoms with Gasteiger partial charge in [0.1, 0.15) is 17.6 Å². The number of aromatic nitrogens is 2. The number of amides is 1. The zero-order chi connectivity index (χ0) is 18.5. The molecule has 3 rings (SSSR count). The maximum Gasteiger partial charge on any atom is 0.258 e. The number of ether oxygens (including phenoxy) is 1. The van der Waals surface area contributed by atoms with Crippen LogP contribution in [0.15, 0.2) is 48.5 Å². The van der Waals surface area contributed by atoms with Crippen LogP contribution >= 0.6 is 0 Å². The van der Waals surface area contributed by atoms with Crippen molar-refractivity contribution < 1.29 is 9.53 Å². The van der Waals surface area contributed by atoms with Gasteiger partial charge in [-0.25, -0.2) is 4.98 Å². The monoisotopic (exact) mass is 348 g/mol. The summed E-state index contributed by atoms with van der Waals surface area (Å²) in [5.41, 5.74) is 2.36. The highest BCUT2D eigenvalue weighted by molar-refractivity contribution is 5.79. The fourth-order valence-electron chi connectivity index (χ4n) is 2.93. The van der Waals surface area contributed by atoms with Gasteiger partial charge in [-0.15, -0.1) is 0 Å². The molecular weight excluding hydrogens is 328 g/mol. The predicted molar refractivity (Wildman–Crippen MR) is 98.6 cm³/mol. The van der Waals surface area contributed by atoms with E-state index in [4.69, 9.17) is 10.00 Å². The molecule has 0 aliphatic rings. The lowest BCUT2D eigenvalue weighted by molar-refractivity contribution is -0.123. The van der Waals surface area contributed by atoms with Crippen LogP contribution in [0, 0.1) is 11.3 Å². The van der Waals surface area contributed by atoms with Crippen molar-refractivity contribution in [2.24, 2.45) is 0 Å². The SMILES string of the molecule is CCn1c([C@@H](C)NC(=O)COc2ccccc2C#N)nc2ccccc21. The maximum atomic E-state index is 12.3. The van der Waals surface area contributed by atoms with Gasteiger partial charge in [0.25, 0.3) is 5.91 Å². The van der Waals surface area contributed by atoms with Gasteiger partial charge in [0.05, 0.1) is 22.6 Å². The lowest BCUT2D eigenvalue weighted by Crippen LogP contribution is -2.32. The van der Waals surface area contributed by atoms with Crippen LogP contribution in [0.5, 0.6) is 5.75 Å². The third-order valence-corrected chi connectivity index (χ3v) is 4.13. The summed E-state index contributed by atoms with van der Waals surface area (Å²) in [5.74, 6) is 0.943. The quantitative estimate of drug-likeness (QED) is 0.742. The summed E-state index contributed by atoms with van der Waals surface area (Å²) in [6, 6.07) is 16.5. The molecule has 132 valence electrons. The minimum Gasteiger partial charge on any atom is -0.482 e. The lowest BCUT2D eigenvalue weighted by Gasteiger charge is -2.16. The number of rotatable bonds is 6. The summed E-state index contributed by atoms with van der Waals surface area (Å²) in [7, 11) is 0. The third-order valence-electron chi connectivity index (χ3n) is 4.13. The van der Waals surface area contributed by atoms with Gasteiger partial charge in [-0.2, -0.15) is 5.26 Å². The molecule has 1 heterocycles. The largest absolute Gasteiger partial charge is 0.482 e. The highest BCUT2D eigenvalue weighted by Crippen LogP contribution is 2.21. The molecule has 0 saturated heterocycles. The van der Waals surface area contributed by atoms with E-state index < -0.39 is 0 Å². The van der Waals surface area contributed by atoms with E-state index in [1.165, 1.54) is 0 Å². The van der Waals surface area contributed by atoms with Crippen LogP contribution in [-0.2, 0) is 11.3 Å². The van der Waals surface area contributed by atoms with E-state index in [0.29, 0.717) is 11.3 Å². The Bertz CT molecular complexity index is 971. The Kier molecular flexibility index (Phi) is 5.18. The molecule has 1 amide bonds. The Morgan fingerprint density at radius 3 is 2.77 bits per heavy atom. The van der Waals surface area contributed by atoms with Crippen molar-refractivity contribution in [3.63, 3.8) is 0 Å². The summed E-state index contributed by atoms with van der Waals surface area (Å²) in [4.78, 5) is 16.9. The number of fused-ring (bicyclic) bond motifs is 1. The van der Waals surface area contributed by atoms with Gasteiger partial charge in [-0.1, -0.05) is 24.3 Å². The Hall–Kier alpha value is -3.33. The minimum atomic E-state index is -0.264. The summed E-state index contributed by atoms with van der Waals surface area (Å²) < 4.78 is 7.57. The van der Waals surface area contributed by atoms with Crippen LogP contribution in [0.4, 0.5) is 0 Å². The maximum absolute atomic E-state index is 12.3. The number of nitrogens with zero attached hydrogens (tertiary/aromatic N) is 3. The van der Waals surface area contributed by atoms with E-state index in [-0.39, 0.29) is 18.6 Å². The zero-order valence-corrected chi connectivity index (χ0v) is 14.8. The first kappa shape index (κ1) is 17.5. The van der Waals surface area contributed by atoms with E-state index in [9.17, 15) is 4.79 Å². The lowest BCUT2D eigenvalue weighted by atomic mass is 10.2. The van der Waals surface area contributed by atoms with Gasteiger partial charge >= 0.3 is 0 Å². The van der Waals surface area contributed by atoms with Crippen molar-refractivity contribution in [3.8, 4) is 11.8 Å². The van der Waals surface area contributed by atoms with Crippen molar-refractivity contribution in [2.75, 3.05) is 6.61 Å². The Morgan fingerprint density at radius 2 is 2.00 bits per heavy atom. The number of nitriles is 1. The first-order chi connectivity index (χ1) is 12.6. The second-order valence-corrected chi connectivity index (χ2v) is 5.89. The van der Waals surface area contributed by atoms with E-state index in [0.717, 1.165) is 23.4 Å². The van der Waals surface area contributed by atoms with Gasteiger partial charge in [-0.05, 0) is 38.1 Å². The Balaban J connectivity index is 1.69. The molecule has 1 aromatic heterocycles. The Morgan fingerprint density at radius 1 is 1.27 bits per heavy atom. The number of benzene rings is 2. The summed E-state index contributed by atoms with van der Waals surface area (Å²) in [5, 5.41) is 12.0. The molecule has 0 fully saturated rings. The number of para-hydroxylation sites is 3. The second kappa shape index (κ2) is 7.70. The van der Waals surface area contributed by atoms with Crippen LogP contribution in [0.3, 0.4) is 0 Å². The normalized spacial score (nSPS) is 11.7. The highest BCUT2D eigenvalue weighted by Gasteiger charge is 2.18. The molecular formula is C20H20N4O2. The molecule has 0 saturated carbocycles. The molecule has 0 radical (unpaired) electrons. The fourth-order valence-corrected chi connectivity index (χ4v) is 2.93. The number of imidazole rings is 1. The average molecular weight is 348 g/mol. The van der Waals surface area contributed by atoms with Gasteiger partial charge in [0.15, 0.2) is 6.61 Å². The summed E-state index contributed by atoms with van der Waals surface area (Å²) in [6.45, 7) is 4.56. The van der Waals surface area contributed by atoms with Crippen molar-refractivity contribution in [3.05, 3.63) is 59.9 Å². The molecule has 6 heteroatoms. The molecule has 6 nitrogen and oxygen atoms in total. The number of carbonyl (C=O) groups excluding carboxylic acids is 1. The number of aryl methyl sites for hydroxylation is 1. The summed E-state index contributed by atoms with van der Waals surface area (Å²) >= 11 is 0. The van der Waals surface area contributed by atoms with Gasteiger partial charge in [0.2, 0.25) is 0 Å². The molecule has 0 aliphatic heterocycles. The van der Waals surface area contributed by atoms with Crippen molar-refractivity contribution >= 4 is 16.9 Å². The van der Waals surface area contributed by atoms with Crippen molar-refractivity contribution in [1.82, 2.24) is 14.9 Å². The van der Waals surface area contributed by atoms with E-state index >= 15 is 0 Å². The molecule has 0 aliphatic carbocycles. The van der Waals surface area contributed by atoms with Crippen LogP contribution < -0.4 is 10.1 Å². The van der Waals surface area contributed by atoms with E-state index in [1.807, 2.05) is 44.2 Å². The fraction of sp³-hybridized carbons (Fsp3) is 0.250. The standard InChI is InChI=1S/C20H20N4O2/c1-3-24-17-10-6-5-9-16(17)23-20(24)14(2)22-19(25)13-26-18-11-7-4-8-15(18)12-21/h4-11,14H,3,13H2,1-2H3,(H,22,25)/t14-/m1/s1. The zero-order valence-electron chi connectivity index (χ0n) is 14.8. The molecule has 26 heavy (non-hydrogen) atoms. The van der Waals surface area contributed by atoms with Crippen LogP contribution in [0.1, 0.15) is 31.3 Å². The molecule has 1 atom stereocenters. The van der Waals surface area contributed by atoms with Crippen LogP contribution in [0.2, 0.25) is 0 Å². The number of carbonyl (C=O) groups is 1. The third kappa shape index (κ3) is 3.52. The van der Waals surface area contributed by atoms with Crippen LogP contribution in [0.25, 0.3) is 11.0 Å². The molecule has 1 N–H and O–H groups in total. The number of hydrogen-bond acceptors (Lipinski definition) is 4. The molecule has 0 bridgehead atoms. The summed E-state index contributed by atoms with van der Waals surface area (Å²) in [6.07, 6.45) is 0. The molecule has 0 spiro atoms. The Labute approximate surface area is 152 Å². The number of nitrogens with one attached hydrogen (secondary N) is 1.